The Morgan fingerprint density at radius 1 is 0.717 bits per heavy atom. The molecule has 0 bridgehead atoms. The van der Waals surface area contributed by atoms with Gasteiger partial charge in [0.05, 0.1) is 24.4 Å². The van der Waals surface area contributed by atoms with E-state index in [9.17, 15) is 48.9 Å². The normalized spacial score (nSPS) is 21.7. The van der Waals surface area contributed by atoms with Crippen LogP contribution in [0.3, 0.4) is 0 Å². The lowest BCUT2D eigenvalue weighted by molar-refractivity contribution is -0.145. The maximum absolute atomic E-state index is 13.8. The first-order chi connectivity index (χ1) is 24.9. The average molecular weight is 756 g/mol. The van der Waals surface area contributed by atoms with Crippen LogP contribution in [0.5, 0.6) is 0 Å². The number of aliphatic hydroxyl groups is 3. The number of carbonyl (C=O) groups is 7. The van der Waals surface area contributed by atoms with Gasteiger partial charge in [0.1, 0.15) is 36.3 Å². The van der Waals surface area contributed by atoms with E-state index in [1.807, 2.05) is 13.8 Å². The molecule has 0 radical (unpaired) electrons. The Bertz CT molecular complexity index is 1280. The number of unbranched alkanes of at least 4 members (excludes halogenated alkanes) is 1. The fourth-order valence-corrected chi connectivity index (χ4v) is 6.35. The molecule has 0 unspecified atom stereocenters. The monoisotopic (exact) mass is 755 g/mol. The van der Waals surface area contributed by atoms with Crippen molar-refractivity contribution in [2.75, 3.05) is 19.6 Å². The number of rotatable bonds is 21. The first-order valence-electron chi connectivity index (χ1n) is 18.5. The third-order valence-electron chi connectivity index (χ3n) is 9.33. The molecule has 19 heteroatoms. The fourth-order valence-electron chi connectivity index (χ4n) is 6.35. The van der Waals surface area contributed by atoms with Crippen molar-refractivity contribution in [3.05, 3.63) is 0 Å². The van der Waals surface area contributed by atoms with Gasteiger partial charge in [-0.15, -0.1) is 0 Å². The molecule has 0 aromatic rings. The van der Waals surface area contributed by atoms with Crippen molar-refractivity contribution in [1.29, 1.82) is 0 Å². The Morgan fingerprint density at radius 2 is 1.30 bits per heavy atom. The van der Waals surface area contributed by atoms with Crippen LogP contribution in [0.25, 0.3) is 0 Å². The van der Waals surface area contributed by atoms with Crippen molar-refractivity contribution in [3.8, 4) is 0 Å². The number of nitrogens with two attached hydrogens (primary N) is 2. The summed E-state index contributed by atoms with van der Waals surface area (Å²) in [6.07, 6.45) is -0.827. The van der Waals surface area contributed by atoms with Gasteiger partial charge in [-0.1, -0.05) is 13.8 Å². The maximum atomic E-state index is 13.8. The molecule has 2 heterocycles. The number of aliphatic hydroxyl groups excluding tert-OH is 3. The SMILES string of the molecule is CC(C)C[C@H](NC(=O)[C@@H]1CCCN1C(=O)[C@@H](NC(=O)[C@@H](NC(=O)[C@@H](NC(=O)[C@@H]1CCCN1)[C@@H](C)O)[C@@H](C)O)[C@@H](C)O)C(=O)N[C@@H](CCCCN)C(N)=O. The number of nitrogens with one attached hydrogen (secondary N) is 6. The first kappa shape index (κ1) is 45.2. The molecule has 10 atom stereocenters. The molecule has 0 spiro atoms. The van der Waals surface area contributed by atoms with E-state index in [0.29, 0.717) is 38.8 Å². The lowest BCUT2D eigenvalue weighted by Crippen LogP contribution is -2.64. The van der Waals surface area contributed by atoms with Crippen LogP contribution in [0.1, 0.15) is 86.0 Å². The average Bonchev–Trinajstić information content (AvgIpc) is 3.80. The Labute approximate surface area is 310 Å². The lowest BCUT2D eigenvalue weighted by atomic mass is 10.0. The summed E-state index contributed by atoms with van der Waals surface area (Å²) < 4.78 is 0. The summed E-state index contributed by atoms with van der Waals surface area (Å²) in [5.41, 5.74) is 11.0. The number of primary amides is 1. The van der Waals surface area contributed by atoms with Gasteiger partial charge in [-0.2, -0.15) is 0 Å². The van der Waals surface area contributed by atoms with Gasteiger partial charge < -0.3 is 63.6 Å². The zero-order chi connectivity index (χ0) is 40.0. The van der Waals surface area contributed by atoms with E-state index in [1.165, 1.54) is 25.7 Å². The number of likely N-dealkylation sites (tertiary alicyclic amines) is 1. The molecule has 0 saturated carbocycles. The molecule has 13 N–H and O–H groups in total. The van der Waals surface area contributed by atoms with E-state index in [0.717, 1.165) is 6.42 Å². The van der Waals surface area contributed by atoms with Gasteiger partial charge >= 0.3 is 0 Å². The molecule has 2 rings (SSSR count). The maximum Gasteiger partial charge on any atom is 0.248 e. The molecule has 0 aliphatic carbocycles. The summed E-state index contributed by atoms with van der Waals surface area (Å²) in [4.78, 5) is 93.2. The highest BCUT2D eigenvalue weighted by atomic mass is 16.3. The molecule has 302 valence electrons. The minimum Gasteiger partial charge on any atom is -0.391 e. The van der Waals surface area contributed by atoms with E-state index >= 15 is 0 Å². The largest absolute Gasteiger partial charge is 0.391 e. The molecule has 2 saturated heterocycles. The Morgan fingerprint density at radius 3 is 1.81 bits per heavy atom. The Balaban J connectivity index is 2.18. The zero-order valence-corrected chi connectivity index (χ0v) is 31.4. The van der Waals surface area contributed by atoms with Crippen LogP contribution < -0.4 is 43.4 Å². The number of hydrogen-bond acceptors (Lipinski definition) is 12. The summed E-state index contributed by atoms with van der Waals surface area (Å²) in [6, 6.07) is -8.43. The molecule has 2 fully saturated rings. The Hall–Kier alpha value is -3.91. The molecule has 2 aliphatic heterocycles. The molecular weight excluding hydrogens is 694 g/mol. The van der Waals surface area contributed by atoms with Gasteiger partial charge in [-0.3, -0.25) is 33.6 Å². The molecule has 19 nitrogen and oxygen atoms in total. The Kier molecular flexibility index (Phi) is 18.5. The summed E-state index contributed by atoms with van der Waals surface area (Å²) in [5.74, 6) is -5.41. The minimum atomic E-state index is -1.67. The summed E-state index contributed by atoms with van der Waals surface area (Å²) in [5, 5.41) is 46.7. The van der Waals surface area contributed by atoms with Gasteiger partial charge in [-0.05, 0) is 91.1 Å². The van der Waals surface area contributed by atoms with Gasteiger partial charge in [-0.25, -0.2) is 0 Å². The van der Waals surface area contributed by atoms with Gasteiger partial charge in [0.25, 0.3) is 0 Å². The van der Waals surface area contributed by atoms with Gasteiger partial charge in [0.2, 0.25) is 41.4 Å². The van der Waals surface area contributed by atoms with E-state index in [2.05, 4.69) is 31.9 Å². The number of carbonyl (C=O) groups excluding carboxylic acids is 7. The van der Waals surface area contributed by atoms with Crippen LogP contribution in [-0.2, 0) is 33.6 Å². The van der Waals surface area contributed by atoms with Gasteiger partial charge in [0, 0.05) is 6.54 Å². The number of amides is 7. The van der Waals surface area contributed by atoms with Crippen LogP contribution in [0.15, 0.2) is 0 Å². The van der Waals surface area contributed by atoms with Crippen molar-refractivity contribution in [1.82, 2.24) is 36.8 Å². The first-order valence-corrected chi connectivity index (χ1v) is 18.5. The van der Waals surface area contributed by atoms with Crippen molar-refractivity contribution < 1.29 is 48.9 Å². The van der Waals surface area contributed by atoms with Crippen LogP contribution in [-0.4, -0.2) is 142 Å². The standard InChI is InChI=1S/C34H61N9O10/c1-17(2)16-23(30(49)38-21(28(36)47)10-6-7-13-35)39-31(50)24-12-9-15-43(24)34(53)27(20(5)46)42-33(52)26(19(4)45)41-32(51)25(18(3)44)40-29(48)22-11-8-14-37-22/h17-27,37,44-46H,6-16,35H2,1-5H3,(H2,36,47)(H,38,49)(H,39,50)(H,40,48)(H,41,51)(H,42,52)/t18-,19-,20-,21+,22+,23+,24+,25+,26+,27+/m1/s1. The fraction of sp³-hybridized carbons (Fsp3) is 0.794. The molecule has 0 aromatic carbocycles. The van der Waals surface area contributed by atoms with Crippen LogP contribution >= 0.6 is 0 Å². The van der Waals surface area contributed by atoms with Crippen molar-refractivity contribution in [2.24, 2.45) is 17.4 Å². The highest BCUT2D eigenvalue weighted by Crippen LogP contribution is 2.21. The number of hydrogen-bond donors (Lipinski definition) is 11. The lowest BCUT2D eigenvalue weighted by Gasteiger charge is -2.32. The zero-order valence-electron chi connectivity index (χ0n) is 31.4. The predicted octanol–water partition coefficient (Wildman–Crippen LogP) is -4.04. The van der Waals surface area contributed by atoms with E-state index in [1.54, 1.807) is 0 Å². The van der Waals surface area contributed by atoms with Crippen LogP contribution in [0, 0.1) is 5.92 Å². The van der Waals surface area contributed by atoms with Crippen LogP contribution in [0.4, 0.5) is 0 Å². The summed E-state index contributed by atoms with van der Waals surface area (Å²) >= 11 is 0. The van der Waals surface area contributed by atoms with Gasteiger partial charge in [0.15, 0.2) is 0 Å². The second-order valence-corrected chi connectivity index (χ2v) is 14.5. The molecule has 7 amide bonds. The topological polar surface area (TPSA) is 308 Å². The predicted molar refractivity (Wildman–Crippen MR) is 192 cm³/mol. The highest BCUT2D eigenvalue weighted by molar-refractivity contribution is 5.98. The second kappa shape index (κ2) is 21.7. The minimum absolute atomic E-state index is 0.0507. The van der Waals surface area contributed by atoms with Crippen molar-refractivity contribution in [3.63, 3.8) is 0 Å². The molecule has 0 aromatic heterocycles. The quantitative estimate of drug-likeness (QED) is 0.0499. The van der Waals surface area contributed by atoms with Crippen molar-refractivity contribution in [2.45, 2.75) is 147 Å². The summed E-state index contributed by atoms with van der Waals surface area (Å²) in [6.45, 7) is 8.52. The molecular formula is C34H61N9O10. The second-order valence-electron chi connectivity index (χ2n) is 14.5. The van der Waals surface area contributed by atoms with E-state index in [4.69, 9.17) is 11.5 Å². The third-order valence-corrected chi connectivity index (χ3v) is 9.33. The molecule has 2 aliphatic rings. The number of nitrogens with zero attached hydrogens (tertiary/aromatic N) is 1. The third kappa shape index (κ3) is 13.8. The summed E-state index contributed by atoms with van der Waals surface area (Å²) in [7, 11) is 0. The van der Waals surface area contributed by atoms with Crippen molar-refractivity contribution >= 4 is 41.4 Å². The smallest absolute Gasteiger partial charge is 0.248 e. The van der Waals surface area contributed by atoms with E-state index in [-0.39, 0.29) is 31.7 Å². The van der Waals surface area contributed by atoms with E-state index < -0.39 is 102 Å². The van der Waals surface area contributed by atoms with Crippen LogP contribution in [0.2, 0.25) is 0 Å². The highest BCUT2D eigenvalue weighted by Gasteiger charge is 2.42. The molecule has 53 heavy (non-hydrogen) atoms.